The maximum Gasteiger partial charge on any atom is 0.269 e. The van der Waals surface area contributed by atoms with Gasteiger partial charge in [0.25, 0.3) is 21.8 Å². The number of carbonyl (C=O) groups is 2. The molecule has 2 heterocycles. The maximum atomic E-state index is 12.7. The molecule has 1 aromatic carbocycles. The van der Waals surface area contributed by atoms with E-state index in [1.807, 2.05) is 19.0 Å². The Morgan fingerprint density at radius 1 is 1.29 bits per heavy atom. The summed E-state index contributed by atoms with van der Waals surface area (Å²) in [6.45, 7) is 4.73. The van der Waals surface area contributed by atoms with Gasteiger partial charge in [0.15, 0.2) is 0 Å². The second kappa shape index (κ2) is 7.36. The quantitative estimate of drug-likeness (QED) is 0.776. The van der Waals surface area contributed by atoms with Gasteiger partial charge in [-0.1, -0.05) is 0 Å². The highest BCUT2D eigenvalue weighted by Gasteiger charge is 2.42. The molecule has 2 amide bonds. The summed E-state index contributed by atoms with van der Waals surface area (Å²) in [7, 11) is -0.0373. The predicted octanol–water partition coefficient (Wildman–Crippen LogP) is 1.25. The van der Waals surface area contributed by atoms with Gasteiger partial charge >= 0.3 is 0 Å². The van der Waals surface area contributed by atoms with Gasteiger partial charge in [0.05, 0.1) is 24.0 Å². The Balaban J connectivity index is 1.80. The molecule has 1 aliphatic heterocycles. The standard InChI is InChI=1S/C18H23N5O4S/c1-12(2)23-18(25)15-6-5-13(9-16(15)28(23,26)27)17(24)20-14-10-19-22(11-14)8-7-21(3)4/h5-6,9-12H,7-8H2,1-4H3,(H,20,24). The van der Waals surface area contributed by atoms with Crippen molar-refractivity contribution in [3.63, 3.8) is 0 Å². The van der Waals surface area contributed by atoms with E-state index in [0.29, 0.717) is 12.2 Å². The van der Waals surface area contributed by atoms with Crippen LogP contribution in [0.2, 0.25) is 0 Å². The zero-order valence-electron chi connectivity index (χ0n) is 16.2. The summed E-state index contributed by atoms with van der Waals surface area (Å²) in [6.07, 6.45) is 3.23. The summed E-state index contributed by atoms with van der Waals surface area (Å²) in [5.74, 6) is -1.04. The van der Waals surface area contributed by atoms with Gasteiger partial charge in [0.1, 0.15) is 4.90 Å². The van der Waals surface area contributed by atoms with E-state index in [1.165, 1.54) is 24.4 Å². The Morgan fingerprint density at radius 3 is 2.64 bits per heavy atom. The van der Waals surface area contributed by atoms with Gasteiger partial charge < -0.3 is 10.2 Å². The molecule has 0 aliphatic carbocycles. The number of hydrogen-bond acceptors (Lipinski definition) is 6. The van der Waals surface area contributed by atoms with Crippen molar-refractivity contribution in [2.75, 3.05) is 26.0 Å². The molecule has 9 nitrogen and oxygen atoms in total. The lowest BCUT2D eigenvalue weighted by Gasteiger charge is -2.18. The fourth-order valence-corrected chi connectivity index (χ4v) is 4.75. The third-order valence-corrected chi connectivity index (χ3v) is 6.35. The van der Waals surface area contributed by atoms with Crippen molar-refractivity contribution in [1.82, 2.24) is 19.0 Å². The zero-order valence-corrected chi connectivity index (χ0v) is 17.0. The molecule has 0 fully saturated rings. The van der Waals surface area contributed by atoms with Crippen LogP contribution in [0, 0.1) is 0 Å². The minimum atomic E-state index is -3.95. The molecule has 0 bridgehead atoms. The molecule has 10 heteroatoms. The van der Waals surface area contributed by atoms with Gasteiger partial charge in [-0.2, -0.15) is 5.10 Å². The highest BCUT2D eigenvalue weighted by atomic mass is 32.2. The second-order valence-corrected chi connectivity index (χ2v) is 8.94. The number of carbonyl (C=O) groups excluding carboxylic acids is 2. The summed E-state index contributed by atoms with van der Waals surface area (Å²) >= 11 is 0. The minimum Gasteiger partial charge on any atom is -0.319 e. The van der Waals surface area contributed by atoms with Gasteiger partial charge in [-0.3, -0.25) is 14.3 Å². The molecule has 1 N–H and O–H groups in total. The summed E-state index contributed by atoms with van der Waals surface area (Å²) < 4.78 is 27.9. The van der Waals surface area contributed by atoms with E-state index in [9.17, 15) is 18.0 Å². The number of benzene rings is 1. The van der Waals surface area contributed by atoms with Crippen LogP contribution in [-0.4, -0.2) is 65.9 Å². The number of aromatic nitrogens is 2. The van der Waals surface area contributed by atoms with Gasteiger partial charge in [-0.25, -0.2) is 12.7 Å². The molecular weight excluding hydrogens is 382 g/mol. The SMILES string of the molecule is CC(C)N1C(=O)c2ccc(C(=O)Nc3cnn(CCN(C)C)c3)cc2S1(=O)=O. The van der Waals surface area contributed by atoms with Crippen LogP contribution in [0.4, 0.5) is 5.69 Å². The first-order valence-corrected chi connectivity index (χ1v) is 10.3. The predicted molar refractivity (Wildman–Crippen MR) is 104 cm³/mol. The molecule has 0 unspecified atom stereocenters. The normalized spacial score (nSPS) is 15.4. The number of fused-ring (bicyclic) bond motifs is 1. The summed E-state index contributed by atoms with van der Waals surface area (Å²) in [6, 6.07) is 3.57. The first-order valence-electron chi connectivity index (χ1n) is 8.82. The molecule has 3 rings (SSSR count). The third kappa shape index (κ3) is 3.65. The highest BCUT2D eigenvalue weighted by Crippen LogP contribution is 2.32. The summed E-state index contributed by atoms with van der Waals surface area (Å²) in [5, 5.41) is 6.88. The zero-order chi connectivity index (χ0) is 20.6. The molecule has 0 spiro atoms. The molecule has 1 aromatic heterocycles. The smallest absolute Gasteiger partial charge is 0.269 e. The number of anilines is 1. The second-order valence-electron chi connectivity index (χ2n) is 7.16. The van der Waals surface area contributed by atoms with Gasteiger partial charge in [-0.05, 0) is 46.1 Å². The van der Waals surface area contributed by atoms with Crippen molar-refractivity contribution in [2.24, 2.45) is 0 Å². The van der Waals surface area contributed by atoms with Crippen molar-refractivity contribution in [1.29, 1.82) is 0 Å². The Labute approximate surface area is 164 Å². The molecule has 1 aliphatic rings. The Morgan fingerprint density at radius 2 is 2.00 bits per heavy atom. The van der Waals surface area contributed by atoms with Crippen LogP contribution < -0.4 is 5.32 Å². The third-order valence-electron chi connectivity index (χ3n) is 4.35. The minimum absolute atomic E-state index is 0.0850. The van der Waals surface area contributed by atoms with Crippen molar-refractivity contribution in [3.8, 4) is 0 Å². The lowest BCUT2D eigenvalue weighted by molar-refractivity contribution is 0.0846. The van der Waals surface area contributed by atoms with E-state index < -0.39 is 27.9 Å². The maximum absolute atomic E-state index is 12.7. The summed E-state index contributed by atoms with van der Waals surface area (Å²) in [4.78, 5) is 26.8. The largest absolute Gasteiger partial charge is 0.319 e. The van der Waals surface area contributed by atoms with Gasteiger partial charge in [0.2, 0.25) is 0 Å². The van der Waals surface area contributed by atoms with Crippen molar-refractivity contribution >= 4 is 27.5 Å². The first-order chi connectivity index (χ1) is 13.1. The molecule has 0 atom stereocenters. The Kier molecular flexibility index (Phi) is 5.26. The number of rotatable bonds is 6. The van der Waals surface area contributed by atoms with Crippen LogP contribution in [0.25, 0.3) is 0 Å². The number of hydrogen-bond donors (Lipinski definition) is 1. The molecule has 0 saturated heterocycles. The number of nitrogens with zero attached hydrogens (tertiary/aromatic N) is 4. The van der Waals surface area contributed by atoms with Crippen LogP contribution in [0.1, 0.15) is 34.6 Å². The lowest BCUT2D eigenvalue weighted by Crippen LogP contribution is -2.36. The molecule has 28 heavy (non-hydrogen) atoms. The van der Waals surface area contributed by atoms with E-state index in [2.05, 4.69) is 10.4 Å². The fraction of sp³-hybridized carbons (Fsp3) is 0.389. The Bertz CT molecular complexity index is 1030. The number of likely N-dealkylation sites (N-methyl/N-ethyl adjacent to an activating group) is 1. The number of nitrogens with one attached hydrogen (secondary N) is 1. The van der Waals surface area contributed by atoms with E-state index >= 15 is 0 Å². The highest BCUT2D eigenvalue weighted by molar-refractivity contribution is 7.90. The van der Waals surface area contributed by atoms with Crippen molar-refractivity contribution in [2.45, 2.75) is 31.3 Å². The monoisotopic (exact) mass is 405 g/mol. The van der Waals surface area contributed by atoms with Crippen LogP contribution in [0.3, 0.4) is 0 Å². The van der Waals surface area contributed by atoms with Crippen LogP contribution in [-0.2, 0) is 16.6 Å². The van der Waals surface area contributed by atoms with Gasteiger partial charge in [0, 0.05) is 24.3 Å². The van der Waals surface area contributed by atoms with Crippen molar-refractivity contribution in [3.05, 3.63) is 41.7 Å². The fourth-order valence-electron chi connectivity index (χ4n) is 2.96. The van der Waals surface area contributed by atoms with Crippen LogP contribution in [0.15, 0.2) is 35.5 Å². The topological polar surface area (TPSA) is 105 Å². The number of sulfonamides is 1. The molecular formula is C18H23N5O4S. The average Bonchev–Trinajstić information content (AvgIpc) is 3.13. The van der Waals surface area contributed by atoms with Gasteiger partial charge in [-0.15, -0.1) is 0 Å². The molecule has 2 aromatic rings. The first kappa shape index (κ1) is 20.0. The average molecular weight is 405 g/mol. The molecule has 0 saturated carbocycles. The molecule has 0 radical (unpaired) electrons. The number of amides is 2. The Hall–Kier alpha value is -2.72. The molecule has 150 valence electrons. The van der Waals surface area contributed by atoms with Crippen molar-refractivity contribution < 1.29 is 18.0 Å². The van der Waals surface area contributed by atoms with E-state index in [1.54, 1.807) is 24.7 Å². The van der Waals surface area contributed by atoms with E-state index in [-0.39, 0.29) is 16.0 Å². The van der Waals surface area contributed by atoms with Crippen LogP contribution in [0.5, 0.6) is 0 Å². The van der Waals surface area contributed by atoms with E-state index in [4.69, 9.17) is 0 Å². The lowest BCUT2D eigenvalue weighted by atomic mass is 10.1. The van der Waals surface area contributed by atoms with E-state index in [0.717, 1.165) is 10.8 Å². The summed E-state index contributed by atoms with van der Waals surface area (Å²) in [5.41, 5.74) is 0.746. The van der Waals surface area contributed by atoms with Crippen LogP contribution >= 0.6 is 0 Å².